The lowest BCUT2D eigenvalue weighted by molar-refractivity contribution is -0.137. The minimum atomic E-state index is -0.886. The van der Waals surface area contributed by atoms with Gasteiger partial charge in [-0.05, 0) is 19.1 Å². The largest absolute Gasteiger partial charge is 0.454 e. The summed E-state index contributed by atoms with van der Waals surface area (Å²) >= 11 is 0. The van der Waals surface area contributed by atoms with E-state index in [9.17, 15) is 14.0 Å². The topological polar surface area (TPSA) is 108 Å². The van der Waals surface area contributed by atoms with Gasteiger partial charge in [-0.2, -0.15) is 0 Å². The number of hydrogen-bond donors (Lipinski definition) is 2. The first kappa shape index (κ1) is 16.4. The average Bonchev–Trinajstić information content (AvgIpc) is 2.44. The maximum Gasteiger partial charge on any atom is 0.344 e. The quantitative estimate of drug-likeness (QED) is 0.274. The van der Waals surface area contributed by atoms with E-state index < -0.39 is 24.2 Å². The summed E-state index contributed by atoms with van der Waals surface area (Å²) in [4.78, 5) is 27.3. The van der Waals surface area contributed by atoms with Crippen molar-refractivity contribution in [1.29, 1.82) is 0 Å². The molecule has 0 unspecified atom stereocenters. The maximum atomic E-state index is 13.4. The number of halogens is 1. The van der Waals surface area contributed by atoms with Crippen molar-refractivity contribution in [2.75, 3.05) is 13.7 Å². The Hall–Kier alpha value is -2.70. The molecule has 0 saturated heterocycles. The first-order chi connectivity index (χ1) is 9.88. The van der Waals surface area contributed by atoms with E-state index in [-0.39, 0.29) is 22.7 Å². The van der Waals surface area contributed by atoms with E-state index in [1.54, 1.807) is 0 Å². The molecule has 0 heterocycles. The van der Waals surface area contributed by atoms with Crippen LogP contribution in [-0.2, 0) is 9.53 Å². The summed E-state index contributed by atoms with van der Waals surface area (Å²) in [6, 6.07) is 5.41. The second kappa shape index (κ2) is 7.18. The van der Waals surface area contributed by atoms with Gasteiger partial charge >= 0.3 is 5.97 Å². The lowest BCUT2D eigenvalue weighted by atomic mass is 10.1. The Labute approximate surface area is 121 Å². The van der Waals surface area contributed by atoms with Gasteiger partial charge in [-0.25, -0.2) is 9.18 Å². The van der Waals surface area contributed by atoms with Crippen LogP contribution in [-0.4, -0.2) is 31.2 Å². The third kappa shape index (κ3) is 4.13. The molecule has 1 rings (SSSR count). The zero-order valence-corrected chi connectivity index (χ0v) is 11.7. The van der Waals surface area contributed by atoms with Gasteiger partial charge in [-0.3, -0.25) is 9.79 Å². The highest BCUT2D eigenvalue weighted by atomic mass is 19.1. The van der Waals surface area contributed by atoms with Gasteiger partial charge in [-0.1, -0.05) is 12.1 Å². The second-order valence-corrected chi connectivity index (χ2v) is 4.15. The molecule has 1 aromatic rings. The van der Waals surface area contributed by atoms with Gasteiger partial charge in [0.05, 0.1) is 5.56 Å². The summed E-state index contributed by atoms with van der Waals surface area (Å²) in [5.74, 6) is -2.33. The third-order valence-corrected chi connectivity index (χ3v) is 2.60. The predicted molar refractivity (Wildman–Crippen MR) is 76.1 cm³/mol. The molecule has 0 spiro atoms. The van der Waals surface area contributed by atoms with Crippen LogP contribution in [0, 0.1) is 5.82 Å². The summed E-state index contributed by atoms with van der Waals surface area (Å²) in [5, 5.41) is 0. The van der Waals surface area contributed by atoms with Crippen molar-refractivity contribution in [3.8, 4) is 0 Å². The van der Waals surface area contributed by atoms with E-state index in [0.717, 1.165) is 6.07 Å². The van der Waals surface area contributed by atoms with Crippen molar-refractivity contribution < 1.29 is 18.7 Å². The van der Waals surface area contributed by atoms with Crippen LogP contribution in [0.1, 0.15) is 17.3 Å². The fraction of sp³-hybridized carbons (Fsp3) is 0.214. The highest BCUT2D eigenvalue weighted by Gasteiger charge is 2.20. The Morgan fingerprint density at radius 3 is 2.43 bits per heavy atom. The number of hydrogen-bond acceptors (Lipinski definition) is 5. The summed E-state index contributed by atoms with van der Waals surface area (Å²) in [6.45, 7) is 0.834. The van der Waals surface area contributed by atoms with E-state index in [1.165, 1.54) is 32.2 Å². The number of Topliss-reactive ketones (excluding diaryl/α,β-unsaturated/α-hetero) is 1. The number of aliphatic imine (C=N–C) groups is 1. The van der Waals surface area contributed by atoms with Crippen LogP contribution in [0.5, 0.6) is 0 Å². The van der Waals surface area contributed by atoms with Gasteiger partial charge in [0.2, 0.25) is 5.78 Å². The van der Waals surface area contributed by atoms with E-state index in [0.29, 0.717) is 0 Å². The van der Waals surface area contributed by atoms with Crippen LogP contribution in [0.15, 0.2) is 40.5 Å². The molecule has 0 atom stereocenters. The molecule has 0 amide bonds. The van der Waals surface area contributed by atoms with E-state index in [2.05, 4.69) is 4.99 Å². The summed E-state index contributed by atoms with van der Waals surface area (Å²) in [6.07, 6.45) is 0. The molecule has 6 nitrogen and oxygen atoms in total. The molecule has 0 aliphatic rings. The maximum absolute atomic E-state index is 13.4. The van der Waals surface area contributed by atoms with Crippen molar-refractivity contribution in [2.45, 2.75) is 6.92 Å². The molecule has 0 bridgehead atoms. The van der Waals surface area contributed by atoms with Crippen molar-refractivity contribution in [3.63, 3.8) is 0 Å². The van der Waals surface area contributed by atoms with E-state index in [1.807, 2.05) is 0 Å². The zero-order chi connectivity index (χ0) is 16.0. The zero-order valence-electron chi connectivity index (χ0n) is 11.7. The lowest BCUT2D eigenvalue weighted by Crippen LogP contribution is -2.27. The first-order valence-corrected chi connectivity index (χ1v) is 6.02. The van der Waals surface area contributed by atoms with Crippen LogP contribution in [0.25, 0.3) is 0 Å². The van der Waals surface area contributed by atoms with Crippen LogP contribution in [0.3, 0.4) is 0 Å². The number of carbonyl (C=O) groups excluding carboxylic acids is 2. The van der Waals surface area contributed by atoms with Crippen LogP contribution >= 0.6 is 0 Å². The Kier molecular flexibility index (Phi) is 5.59. The summed E-state index contributed by atoms with van der Waals surface area (Å²) < 4.78 is 18.2. The fourth-order valence-corrected chi connectivity index (χ4v) is 1.55. The van der Waals surface area contributed by atoms with Crippen molar-refractivity contribution in [1.82, 2.24) is 0 Å². The van der Waals surface area contributed by atoms with Crippen molar-refractivity contribution in [3.05, 3.63) is 46.9 Å². The smallest absolute Gasteiger partial charge is 0.344 e. The van der Waals surface area contributed by atoms with Gasteiger partial charge in [0.25, 0.3) is 0 Å². The number of nitrogens with zero attached hydrogens (tertiary/aromatic N) is 1. The van der Waals surface area contributed by atoms with Crippen molar-refractivity contribution in [2.24, 2.45) is 16.5 Å². The SMILES string of the molecule is CN=C(N)C(C(=O)OCC(=O)c1ccccc1F)=C(C)N. The molecule has 0 fully saturated rings. The molecule has 0 aromatic heterocycles. The number of ketones is 1. The third-order valence-electron chi connectivity index (χ3n) is 2.60. The molecule has 0 aliphatic carbocycles. The van der Waals surface area contributed by atoms with Gasteiger partial charge in [0, 0.05) is 12.7 Å². The monoisotopic (exact) mass is 293 g/mol. The first-order valence-electron chi connectivity index (χ1n) is 6.02. The highest BCUT2D eigenvalue weighted by molar-refractivity contribution is 6.19. The fourth-order valence-electron chi connectivity index (χ4n) is 1.55. The van der Waals surface area contributed by atoms with Gasteiger partial charge in [0.15, 0.2) is 6.61 Å². The Balaban J connectivity index is 2.80. The van der Waals surface area contributed by atoms with E-state index >= 15 is 0 Å². The number of nitrogens with two attached hydrogens (primary N) is 2. The molecule has 112 valence electrons. The molecule has 0 saturated carbocycles. The minimum absolute atomic E-state index is 0.0988. The number of esters is 1. The Bertz CT molecular complexity index is 620. The van der Waals surface area contributed by atoms with Gasteiger partial charge < -0.3 is 16.2 Å². The normalized spacial score (nSPS) is 12.6. The minimum Gasteiger partial charge on any atom is -0.454 e. The molecule has 7 heteroatoms. The second-order valence-electron chi connectivity index (χ2n) is 4.15. The van der Waals surface area contributed by atoms with Gasteiger partial charge in [-0.15, -0.1) is 0 Å². The number of benzene rings is 1. The van der Waals surface area contributed by atoms with Crippen LogP contribution in [0.4, 0.5) is 4.39 Å². The number of carbonyl (C=O) groups is 2. The molecule has 4 N–H and O–H groups in total. The molecule has 21 heavy (non-hydrogen) atoms. The predicted octanol–water partition coefficient (Wildman–Crippen LogP) is 0.771. The molecule has 0 aliphatic heterocycles. The summed E-state index contributed by atoms with van der Waals surface area (Å²) in [7, 11) is 1.38. The number of amidine groups is 1. The number of ether oxygens (including phenoxy) is 1. The molecule has 0 radical (unpaired) electrons. The number of rotatable bonds is 5. The number of allylic oxidation sites excluding steroid dienone is 1. The molecule has 1 aromatic carbocycles. The van der Waals surface area contributed by atoms with Crippen LogP contribution in [0.2, 0.25) is 0 Å². The van der Waals surface area contributed by atoms with Gasteiger partial charge in [0.1, 0.15) is 17.2 Å². The van der Waals surface area contributed by atoms with Crippen molar-refractivity contribution >= 4 is 17.6 Å². The average molecular weight is 293 g/mol. The standard InChI is InChI=1S/C14H16FN3O3/c1-8(16)12(13(17)18-2)14(20)21-7-11(19)9-5-3-4-6-10(9)15/h3-6H,7,16H2,1-2H3,(H2,17,18). The summed E-state index contributed by atoms with van der Waals surface area (Å²) in [5.41, 5.74) is 10.9. The molecular formula is C14H16FN3O3. The molecular weight excluding hydrogens is 277 g/mol. The Morgan fingerprint density at radius 2 is 1.90 bits per heavy atom. The Morgan fingerprint density at radius 1 is 1.29 bits per heavy atom. The van der Waals surface area contributed by atoms with Crippen LogP contribution < -0.4 is 11.5 Å². The van der Waals surface area contributed by atoms with E-state index in [4.69, 9.17) is 16.2 Å². The highest BCUT2D eigenvalue weighted by Crippen LogP contribution is 2.09. The lowest BCUT2D eigenvalue weighted by Gasteiger charge is -2.09.